The molecule has 4 rings (SSSR count). The molecular weight excluding hydrogens is 477 g/mol. The first-order valence-corrected chi connectivity index (χ1v) is 12.4. The fraction of sp³-hybridized carbons (Fsp3) is 0.304. The van der Waals surface area contributed by atoms with Crippen molar-refractivity contribution in [1.29, 1.82) is 0 Å². The van der Waals surface area contributed by atoms with E-state index in [1.165, 1.54) is 14.2 Å². The maximum absolute atomic E-state index is 13.3. The fourth-order valence-electron chi connectivity index (χ4n) is 3.56. The van der Waals surface area contributed by atoms with Crippen LogP contribution in [0.3, 0.4) is 0 Å². The van der Waals surface area contributed by atoms with E-state index >= 15 is 0 Å². The molecule has 0 radical (unpaired) electrons. The molecule has 0 saturated carbocycles. The number of para-hydroxylation sites is 1. The van der Waals surface area contributed by atoms with E-state index in [9.17, 15) is 12.8 Å². The van der Waals surface area contributed by atoms with Crippen LogP contribution in [0.5, 0.6) is 11.5 Å². The zero-order valence-electron chi connectivity index (χ0n) is 19.6. The van der Waals surface area contributed by atoms with E-state index < -0.39 is 26.7 Å². The summed E-state index contributed by atoms with van der Waals surface area (Å²) in [5.41, 5.74) is 0.436. The molecule has 184 valence electrons. The Morgan fingerprint density at radius 1 is 1.06 bits per heavy atom. The van der Waals surface area contributed by atoms with E-state index in [1.54, 1.807) is 48.7 Å². The fourth-order valence-corrected chi connectivity index (χ4v) is 4.80. The second kappa shape index (κ2) is 9.82. The van der Waals surface area contributed by atoms with E-state index in [2.05, 4.69) is 20.2 Å². The molecule has 12 heteroatoms. The zero-order valence-corrected chi connectivity index (χ0v) is 20.4. The van der Waals surface area contributed by atoms with E-state index in [-0.39, 0.29) is 18.1 Å². The molecule has 0 aliphatic rings. The van der Waals surface area contributed by atoms with Crippen molar-refractivity contribution in [3.05, 3.63) is 66.0 Å². The highest BCUT2D eigenvalue weighted by Crippen LogP contribution is 2.37. The highest BCUT2D eigenvalue weighted by molar-refractivity contribution is 7.91. The Morgan fingerprint density at radius 3 is 2.29 bits per heavy atom. The molecule has 0 fully saturated rings. The molecule has 3 aromatic heterocycles. The summed E-state index contributed by atoms with van der Waals surface area (Å²) in [6, 6.07) is 8.70. The first-order valence-electron chi connectivity index (χ1n) is 10.6. The summed E-state index contributed by atoms with van der Waals surface area (Å²) in [5.74, 6) is 1.54. The monoisotopic (exact) mass is 501 g/mol. The summed E-state index contributed by atoms with van der Waals surface area (Å²) < 4.78 is 58.2. The molecule has 10 nitrogen and oxygen atoms in total. The summed E-state index contributed by atoms with van der Waals surface area (Å²) >= 11 is 0. The molecule has 0 saturated heterocycles. The maximum Gasteiger partial charge on any atom is 0.204 e. The number of ether oxygens (including phenoxy) is 2. The highest BCUT2D eigenvalue weighted by Gasteiger charge is 2.30. The number of nitrogens with zero attached hydrogens (tertiary/aromatic N) is 5. The number of sulfone groups is 1. The van der Waals surface area contributed by atoms with Crippen LogP contribution in [0.2, 0.25) is 0 Å². The molecule has 0 spiro atoms. The van der Waals surface area contributed by atoms with E-state index in [1.807, 2.05) is 0 Å². The molecule has 0 bridgehead atoms. The van der Waals surface area contributed by atoms with E-state index in [0.717, 1.165) is 12.4 Å². The van der Waals surface area contributed by atoms with Crippen LogP contribution in [0.15, 0.2) is 47.1 Å². The van der Waals surface area contributed by atoms with Gasteiger partial charge < -0.3 is 13.9 Å². The smallest absolute Gasteiger partial charge is 0.204 e. The lowest BCUT2D eigenvalue weighted by atomic mass is 10.2. The van der Waals surface area contributed by atoms with Crippen molar-refractivity contribution in [3.8, 4) is 28.8 Å². The SMILES string of the molecule is COc1cccc(OC)c1-n1c(CS(=O)(=O)[C@@H](C)Cc2ncc(F)cn2)nnc1-c1ccc(C)o1. The van der Waals surface area contributed by atoms with Gasteiger partial charge >= 0.3 is 0 Å². The lowest BCUT2D eigenvalue weighted by molar-refractivity contribution is 0.390. The molecule has 0 aliphatic carbocycles. The predicted molar refractivity (Wildman–Crippen MR) is 125 cm³/mol. The van der Waals surface area contributed by atoms with Crippen LogP contribution >= 0.6 is 0 Å². The number of hydrogen-bond donors (Lipinski definition) is 0. The van der Waals surface area contributed by atoms with Gasteiger partial charge in [0.25, 0.3) is 0 Å². The van der Waals surface area contributed by atoms with Crippen molar-refractivity contribution < 1.29 is 26.7 Å². The number of hydrogen-bond acceptors (Lipinski definition) is 9. The molecule has 1 atom stereocenters. The van der Waals surface area contributed by atoms with E-state index in [0.29, 0.717) is 34.5 Å². The third-order valence-corrected chi connectivity index (χ3v) is 7.46. The number of methoxy groups -OCH3 is 2. The molecule has 1 aromatic carbocycles. The van der Waals surface area contributed by atoms with Gasteiger partial charge in [0.15, 0.2) is 27.2 Å². The van der Waals surface area contributed by atoms with Gasteiger partial charge in [-0.25, -0.2) is 22.8 Å². The Kier molecular flexibility index (Phi) is 6.83. The van der Waals surface area contributed by atoms with Crippen molar-refractivity contribution in [2.24, 2.45) is 0 Å². The van der Waals surface area contributed by atoms with Gasteiger partial charge in [0, 0.05) is 6.42 Å². The highest BCUT2D eigenvalue weighted by atomic mass is 32.2. The Hall–Kier alpha value is -3.80. The molecule has 0 unspecified atom stereocenters. The normalized spacial score (nSPS) is 12.5. The van der Waals surface area contributed by atoms with Gasteiger partial charge in [0.05, 0.1) is 31.9 Å². The van der Waals surface area contributed by atoms with Crippen molar-refractivity contribution in [3.63, 3.8) is 0 Å². The van der Waals surface area contributed by atoms with Crippen LogP contribution in [-0.4, -0.2) is 52.6 Å². The van der Waals surface area contributed by atoms with Gasteiger partial charge in [0.2, 0.25) is 5.82 Å². The maximum atomic E-state index is 13.3. The second-order valence-electron chi connectivity index (χ2n) is 7.84. The Morgan fingerprint density at radius 2 is 1.71 bits per heavy atom. The second-order valence-corrected chi connectivity index (χ2v) is 10.3. The number of aromatic nitrogens is 5. The third-order valence-electron chi connectivity index (χ3n) is 5.40. The minimum atomic E-state index is -3.76. The van der Waals surface area contributed by atoms with Gasteiger partial charge in [0.1, 0.15) is 34.5 Å². The molecular formula is C23H24FN5O5S. The number of benzene rings is 1. The first kappa shape index (κ1) is 24.3. The van der Waals surface area contributed by atoms with Gasteiger partial charge in [-0.1, -0.05) is 6.07 Å². The Balaban J connectivity index is 1.79. The summed E-state index contributed by atoms with van der Waals surface area (Å²) in [7, 11) is -0.763. The van der Waals surface area contributed by atoms with Gasteiger partial charge in [-0.15, -0.1) is 10.2 Å². The molecule has 0 N–H and O–H groups in total. The molecule has 0 amide bonds. The molecule has 35 heavy (non-hydrogen) atoms. The quantitative estimate of drug-likeness (QED) is 0.340. The van der Waals surface area contributed by atoms with Crippen LogP contribution in [-0.2, 0) is 22.0 Å². The number of aryl methyl sites for hydroxylation is 1. The minimum absolute atomic E-state index is 0.0129. The predicted octanol–water partition coefficient (Wildman–Crippen LogP) is 3.33. The molecule has 3 heterocycles. The molecule has 0 aliphatic heterocycles. The first-order chi connectivity index (χ1) is 16.7. The van der Waals surface area contributed by atoms with Crippen LogP contribution in [0.4, 0.5) is 4.39 Å². The summed E-state index contributed by atoms with van der Waals surface area (Å²) in [5, 5.41) is 7.57. The number of furan rings is 1. The van der Waals surface area contributed by atoms with Crippen molar-refractivity contribution in [1.82, 2.24) is 24.7 Å². The average Bonchev–Trinajstić information content (AvgIpc) is 3.45. The average molecular weight is 502 g/mol. The Bertz CT molecular complexity index is 1410. The topological polar surface area (TPSA) is 122 Å². The van der Waals surface area contributed by atoms with Crippen molar-refractivity contribution >= 4 is 9.84 Å². The van der Waals surface area contributed by atoms with Crippen LogP contribution < -0.4 is 9.47 Å². The summed E-state index contributed by atoms with van der Waals surface area (Å²) in [6.45, 7) is 3.34. The molecule has 4 aromatic rings. The zero-order chi connectivity index (χ0) is 25.2. The lowest BCUT2D eigenvalue weighted by Crippen LogP contribution is -2.24. The summed E-state index contributed by atoms with van der Waals surface area (Å²) in [4.78, 5) is 7.73. The van der Waals surface area contributed by atoms with Crippen LogP contribution in [0, 0.1) is 12.7 Å². The van der Waals surface area contributed by atoms with Crippen molar-refractivity contribution in [2.45, 2.75) is 31.3 Å². The standard InChI is InChI=1S/C23H24FN5O5S/c1-14-8-9-19(34-14)23-28-27-21(29(23)22-17(32-3)6-5-7-18(22)33-4)13-35(30,31)15(2)10-20-25-11-16(24)12-26-20/h5-9,11-12,15H,10,13H2,1-4H3/t15-/m0/s1. The van der Waals surface area contributed by atoms with Crippen LogP contribution in [0.25, 0.3) is 17.3 Å². The van der Waals surface area contributed by atoms with E-state index in [4.69, 9.17) is 13.9 Å². The van der Waals surface area contributed by atoms with Crippen LogP contribution in [0.1, 0.15) is 24.3 Å². The largest absolute Gasteiger partial charge is 0.494 e. The van der Waals surface area contributed by atoms with Gasteiger partial charge in [-0.2, -0.15) is 0 Å². The number of halogens is 1. The third kappa shape index (κ3) is 5.02. The Labute approximate surface area is 201 Å². The summed E-state index contributed by atoms with van der Waals surface area (Å²) in [6.07, 6.45) is 2.02. The van der Waals surface area contributed by atoms with Gasteiger partial charge in [-0.3, -0.25) is 4.57 Å². The lowest BCUT2D eigenvalue weighted by Gasteiger charge is -2.17. The van der Waals surface area contributed by atoms with Crippen molar-refractivity contribution in [2.75, 3.05) is 14.2 Å². The number of rotatable bonds is 9. The van der Waals surface area contributed by atoms with Gasteiger partial charge in [-0.05, 0) is 38.1 Å². The minimum Gasteiger partial charge on any atom is -0.494 e.